The molecular formula is C21H22N2O4. The maximum absolute atomic E-state index is 12.9. The number of hydrogen-bond acceptors (Lipinski definition) is 4. The van der Waals surface area contributed by atoms with Crippen LogP contribution in [0, 0.1) is 0 Å². The summed E-state index contributed by atoms with van der Waals surface area (Å²) in [5, 5.41) is 0. The van der Waals surface area contributed by atoms with E-state index in [1.165, 1.54) is 11.0 Å². The van der Waals surface area contributed by atoms with E-state index < -0.39 is 6.10 Å². The van der Waals surface area contributed by atoms with Crippen molar-refractivity contribution in [1.29, 1.82) is 0 Å². The van der Waals surface area contributed by atoms with Gasteiger partial charge in [0.15, 0.2) is 6.10 Å². The maximum atomic E-state index is 12.9. The summed E-state index contributed by atoms with van der Waals surface area (Å²) in [5.41, 5.74) is 1.51. The van der Waals surface area contributed by atoms with Gasteiger partial charge < -0.3 is 19.3 Å². The van der Waals surface area contributed by atoms with Crippen LogP contribution >= 0.6 is 0 Å². The number of likely N-dealkylation sites (N-methyl/N-ethyl adjacent to an activating group) is 1. The highest BCUT2D eigenvalue weighted by Crippen LogP contribution is 2.33. The molecule has 3 rings (SSSR count). The van der Waals surface area contributed by atoms with Crippen molar-refractivity contribution < 1.29 is 19.1 Å². The fourth-order valence-corrected chi connectivity index (χ4v) is 2.86. The van der Waals surface area contributed by atoms with Gasteiger partial charge >= 0.3 is 0 Å². The number of amides is 2. The van der Waals surface area contributed by atoms with Gasteiger partial charge in [0.2, 0.25) is 0 Å². The zero-order chi connectivity index (χ0) is 19.4. The molecule has 6 heteroatoms. The minimum atomic E-state index is -0.732. The molecule has 0 fully saturated rings. The molecular weight excluding hydrogens is 344 g/mol. The Morgan fingerprint density at radius 2 is 1.96 bits per heavy atom. The van der Waals surface area contributed by atoms with Crippen LogP contribution in [0.5, 0.6) is 11.5 Å². The predicted molar refractivity (Wildman–Crippen MR) is 104 cm³/mol. The van der Waals surface area contributed by atoms with Gasteiger partial charge in [-0.15, -0.1) is 0 Å². The van der Waals surface area contributed by atoms with E-state index in [0.29, 0.717) is 11.4 Å². The summed E-state index contributed by atoms with van der Waals surface area (Å²) >= 11 is 0. The van der Waals surface area contributed by atoms with Gasteiger partial charge in [0.05, 0.1) is 19.3 Å². The normalized spacial score (nSPS) is 15.8. The minimum absolute atomic E-state index is 0.162. The van der Waals surface area contributed by atoms with Crippen LogP contribution in [0.1, 0.15) is 5.56 Å². The monoisotopic (exact) mass is 366 g/mol. The first-order valence-corrected chi connectivity index (χ1v) is 8.60. The molecule has 2 amide bonds. The lowest BCUT2D eigenvalue weighted by Crippen LogP contribution is -2.50. The number of benzene rings is 2. The van der Waals surface area contributed by atoms with E-state index >= 15 is 0 Å². The van der Waals surface area contributed by atoms with Crippen molar-refractivity contribution in [1.82, 2.24) is 4.90 Å². The Morgan fingerprint density at radius 3 is 2.70 bits per heavy atom. The van der Waals surface area contributed by atoms with Crippen LogP contribution in [0.2, 0.25) is 0 Å². The number of anilines is 1. The van der Waals surface area contributed by atoms with E-state index in [-0.39, 0.29) is 18.4 Å². The third-order valence-corrected chi connectivity index (χ3v) is 4.27. The van der Waals surface area contributed by atoms with Crippen LogP contribution in [-0.2, 0) is 9.59 Å². The summed E-state index contributed by atoms with van der Waals surface area (Å²) in [7, 11) is 4.93. The molecule has 0 saturated carbocycles. The van der Waals surface area contributed by atoms with Gasteiger partial charge in [0, 0.05) is 20.2 Å². The van der Waals surface area contributed by atoms with Crippen LogP contribution in [0.15, 0.2) is 54.6 Å². The highest BCUT2D eigenvalue weighted by Gasteiger charge is 2.33. The fourth-order valence-electron chi connectivity index (χ4n) is 2.86. The van der Waals surface area contributed by atoms with Crippen LogP contribution in [0.25, 0.3) is 6.08 Å². The first-order chi connectivity index (χ1) is 13.0. The summed E-state index contributed by atoms with van der Waals surface area (Å²) in [6, 6.07) is 14.7. The Bertz CT molecular complexity index is 876. The number of ether oxygens (including phenoxy) is 2. The molecule has 0 radical (unpaired) electrons. The molecule has 1 atom stereocenters. The Balaban J connectivity index is 1.85. The maximum Gasteiger partial charge on any atom is 0.265 e. The van der Waals surface area contributed by atoms with Crippen LogP contribution < -0.4 is 14.4 Å². The number of methoxy groups -OCH3 is 1. The van der Waals surface area contributed by atoms with Gasteiger partial charge in [0.25, 0.3) is 11.8 Å². The van der Waals surface area contributed by atoms with Gasteiger partial charge in [0.1, 0.15) is 11.5 Å². The number of nitrogens with zero attached hydrogens (tertiary/aromatic N) is 2. The van der Waals surface area contributed by atoms with Crippen molar-refractivity contribution in [3.8, 4) is 11.5 Å². The average Bonchev–Trinajstić information content (AvgIpc) is 2.70. The quantitative estimate of drug-likeness (QED) is 0.781. The third kappa shape index (κ3) is 4.11. The Morgan fingerprint density at radius 1 is 1.19 bits per heavy atom. The van der Waals surface area contributed by atoms with Crippen molar-refractivity contribution in [2.45, 2.75) is 6.10 Å². The van der Waals surface area contributed by atoms with Crippen molar-refractivity contribution in [3.63, 3.8) is 0 Å². The number of fused-ring (bicyclic) bond motifs is 1. The number of carbonyl (C=O) groups is 2. The van der Waals surface area contributed by atoms with E-state index in [1.807, 2.05) is 42.5 Å². The Kier molecular flexibility index (Phi) is 5.45. The SMILES string of the molecule is COc1cccc(C=CC(=O)N2CC(C(=O)N(C)C)Oc3ccccc32)c1. The molecule has 2 aromatic carbocycles. The molecule has 0 saturated heterocycles. The lowest BCUT2D eigenvalue weighted by atomic mass is 10.1. The molecule has 1 heterocycles. The van der Waals surface area contributed by atoms with Crippen LogP contribution in [-0.4, -0.2) is 50.6 Å². The number of hydrogen-bond donors (Lipinski definition) is 0. The highest BCUT2D eigenvalue weighted by molar-refractivity contribution is 6.05. The molecule has 2 aromatic rings. The van der Waals surface area contributed by atoms with E-state index in [9.17, 15) is 9.59 Å². The van der Waals surface area contributed by atoms with E-state index in [0.717, 1.165) is 11.3 Å². The van der Waals surface area contributed by atoms with Gasteiger partial charge in [-0.3, -0.25) is 9.59 Å². The smallest absolute Gasteiger partial charge is 0.265 e. The molecule has 1 unspecified atom stereocenters. The summed E-state index contributed by atoms with van der Waals surface area (Å²) in [6.45, 7) is 0.162. The van der Waals surface area contributed by atoms with Crippen molar-refractivity contribution in [2.24, 2.45) is 0 Å². The van der Waals surface area contributed by atoms with Gasteiger partial charge in [-0.05, 0) is 35.9 Å². The molecule has 0 aliphatic carbocycles. The number of carbonyl (C=O) groups excluding carboxylic acids is 2. The first-order valence-electron chi connectivity index (χ1n) is 8.60. The van der Waals surface area contributed by atoms with Gasteiger partial charge in [-0.25, -0.2) is 0 Å². The Hall–Kier alpha value is -3.28. The van der Waals surface area contributed by atoms with Gasteiger partial charge in [-0.2, -0.15) is 0 Å². The summed E-state index contributed by atoms with van der Waals surface area (Å²) in [4.78, 5) is 28.2. The number of para-hydroxylation sites is 2. The van der Waals surface area contributed by atoms with E-state index in [4.69, 9.17) is 9.47 Å². The highest BCUT2D eigenvalue weighted by atomic mass is 16.5. The largest absolute Gasteiger partial charge is 0.497 e. The first kappa shape index (κ1) is 18.5. The fraction of sp³-hybridized carbons (Fsp3) is 0.238. The molecule has 1 aliphatic rings. The van der Waals surface area contributed by atoms with E-state index in [2.05, 4.69) is 0 Å². The molecule has 140 valence electrons. The molecule has 0 N–H and O–H groups in total. The summed E-state index contributed by atoms with van der Waals surface area (Å²) in [5.74, 6) is 0.842. The van der Waals surface area contributed by atoms with Crippen LogP contribution in [0.3, 0.4) is 0 Å². The van der Waals surface area contributed by atoms with Crippen LogP contribution in [0.4, 0.5) is 5.69 Å². The molecule has 0 aromatic heterocycles. The van der Waals surface area contributed by atoms with E-state index in [1.54, 1.807) is 38.2 Å². The minimum Gasteiger partial charge on any atom is -0.497 e. The molecule has 0 spiro atoms. The lowest BCUT2D eigenvalue weighted by molar-refractivity contribution is -0.136. The van der Waals surface area contributed by atoms with Crippen molar-refractivity contribution in [3.05, 3.63) is 60.2 Å². The second-order valence-corrected chi connectivity index (χ2v) is 6.37. The lowest BCUT2D eigenvalue weighted by Gasteiger charge is -2.34. The second-order valence-electron chi connectivity index (χ2n) is 6.37. The average molecular weight is 366 g/mol. The molecule has 6 nitrogen and oxygen atoms in total. The topological polar surface area (TPSA) is 59.1 Å². The van der Waals surface area contributed by atoms with Crippen molar-refractivity contribution >= 4 is 23.6 Å². The molecule has 1 aliphatic heterocycles. The standard InChI is InChI=1S/C21H22N2O4/c1-22(2)21(25)19-14-23(17-9-4-5-10-18(17)27-19)20(24)12-11-15-7-6-8-16(13-15)26-3/h4-13,19H,14H2,1-3H3. The second kappa shape index (κ2) is 7.95. The zero-order valence-corrected chi connectivity index (χ0v) is 15.6. The molecule has 0 bridgehead atoms. The van der Waals surface area contributed by atoms with Gasteiger partial charge in [-0.1, -0.05) is 24.3 Å². The number of rotatable bonds is 4. The summed E-state index contributed by atoms with van der Waals surface area (Å²) < 4.78 is 11.0. The van der Waals surface area contributed by atoms with Crippen molar-refractivity contribution in [2.75, 3.05) is 32.6 Å². The zero-order valence-electron chi connectivity index (χ0n) is 15.6. The molecule has 27 heavy (non-hydrogen) atoms. The Labute approximate surface area is 158 Å². The predicted octanol–water partition coefficient (Wildman–Crippen LogP) is 2.59. The summed E-state index contributed by atoms with van der Waals surface area (Å²) in [6.07, 6.45) is 2.49. The third-order valence-electron chi connectivity index (χ3n) is 4.27.